The van der Waals surface area contributed by atoms with Crippen molar-refractivity contribution in [3.8, 4) is 0 Å². The van der Waals surface area contributed by atoms with Crippen LogP contribution in [0.1, 0.15) is 24.6 Å². The molecule has 1 aromatic rings. The van der Waals surface area contributed by atoms with Crippen molar-refractivity contribution in [2.75, 3.05) is 7.05 Å². The van der Waals surface area contributed by atoms with E-state index in [1.54, 1.807) is 11.7 Å². The third kappa shape index (κ3) is 2.36. The van der Waals surface area contributed by atoms with Gasteiger partial charge in [0.05, 0.1) is 17.7 Å². The molecule has 0 fully saturated rings. The normalized spacial score (nSPS) is 14.9. The van der Waals surface area contributed by atoms with Crippen LogP contribution >= 0.6 is 0 Å². The lowest BCUT2D eigenvalue weighted by molar-refractivity contribution is -0.138. The van der Waals surface area contributed by atoms with Crippen LogP contribution in [0, 0.1) is 6.92 Å². The van der Waals surface area contributed by atoms with Crippen LogP contribution in [0.4, 0.5) is 0 Å². The van der Waals surface area contributed by atoms with Crippen LogP contribution < -0.4 is 5.32 Å². The molecule has 84 valence electrons. The van der Waals surface area contributed by atoms with E-state index in [-0.39, 0.29) is 6.42 Å². The average molecular weight is 211 g/mol. The number of aliphatic carboxylic acids is 1. The molecule has 0 aliphatic heterocycles. The second-order valence-electron chi connectivity index (χ2n) is 3.95. The molecule has 0 aliphatic rings. The summed E-state index contributed by atoms with van der Waals surface area (Å²) in [6.07, 6.45) is 1.89. The van der Waals surface area contributed by atoms with E-state index in [9.17, 15) is 4.79 Å². The molecular weight excluding hydrogens is 194 g/mol. The fourth-order valence-electron chi connectivity index (χ4n) is 1.76. The summed E-state index contributed by atoms with van der Waals surface area (Å²) in [5.41, 5.74) is 1.22. The lowest BCUT2D eigenvalue weighted by atomic mass is 9.89. The Morgan fingerprint density at radius 2 is 2.33 bits per heavy atom. The van der Waals surface area contributed by atoms with Crippen LogP contribution in [0.25, 0.3) is 0 Å². The second kappa shape index (κ2) is 4.02. The zero-order valence-corrected chi connectivity index (χ0v) is 9.53. The van der Waals surface area contributed by atoms with Gasteiger partial charge in [0.1, 0.15) is 0 Å². The molecule has 0 aliphatic carbocycles. The number of nitrogens with zero attached hydrogens (tertiary/aromatic N) is 2. The van der Waals surface area contributed by atoms with Gasteiger partial charge >= 0.3 is 5.97 Å². The van der Waals surface area contributed by atoms with Crippen molar-refractivity contribution in [2.24, 2.45) is 7.05 Å². The molecule has 5 heteroatoms. The first-order valence-electron chi connectivity index (χ1n) is 4.80. The van der Waals surface area contributed by atoms with Crippen molar-refractivity contribution in [1.29, 1.82) is 0 Å². The van der Waals surface area contributed by atoms with Crippen LogP contribution in [0.5, 0.6) is 0 Å². The van der Waals surface area contributed by atoms with E-state index in [1.165, 1.54) is 0 Å². The maximum absolute atomic E-state index is 10.8. The molecule has 0 aromatic carbocycles. The monoisotopic (exact) mass is 211 g/mol. The number of aryl methyl sites for hydroxylation is 2. The molecule has 2 N–H and O–H groups in total. The van der Waals surface area contributed by atoms with Crippen LogP contribution in [0.15, 0.2) is 6.20 Å². The van der Waals surface area contributed by atoms with E-state index in [0.717, 1.165) is 11.3 Å². The molecule has 0 saturated heterocycles. The number of carbonyl (C=O) groups is 1. The van der Waals surface area contributed by atoms with Crippen molar-refractivity contribution >= 4 is 5.97 Å². The van der Waals surface area contributed by atoms with Gasteiger partial charge in [0.25, 0.3) is 0 Å². The minimum absolute atomic E-state index is 0.0377. The predicted molar refractivity (Wildman–Crippen MR) is 56.6 cm³/mol. The first kappa shape index (κ1) is 11.7. The number of rotatable bonds is 4. The van der Waals surface area contributed by atoms with Gasteiger partial charge in [-0.3, -0.25) is 9.48 Å². The van der Waals surface area contributed by atoms with Gasteiger partial charge in [-0.1, -0.05) is 0 Å². The molecule has 15 heavy (non-hydrogen) atoms. The smallest absolute Gasteiger partial charge is 0.305 e. The molecule has 1 heterocycles. The Hall–Kier alpha value is -1.36. The summed E-state index contributed by atoms with van der Waals surface area (Å²) in [5.74, 6) is -0.824. The number of hydrogen-bond acceptors (Lipinski definition) is 3. The van der Waals surface area contributed by atoms with Gasteiger partial charge < -0.3 is 10.4 Å². The molecule has 1 aromatic heterocycles. The second-order valence-corrected chi connectivity index (χ2v) is 3.95. The van der Waals surface area contributed by atoms with E-state index in [0.29, 0.717) is 0 Å². The van der Waals surface area contributed by atoms with E-state index in [2.05, 4.69) is 10.4 Å². The highest BCUT2D eigenvalue weighted by Crippen LogP contribution is 2.26. The first-order chi connectivity index (χ1) is 6.89. The van der Waals surface area contributed by atoms with Crippen LogP contribution in [-0.2, 0) is 17.4 Å². The van der Waals surface area contributed by atoms with E-state index < -0.39 is 11.5 Å². The molecule has 0 spiro atoms. The van der Waals surface area contributed by atoms with Crippen molar-refractivity contribution in [3.05, 3.63) is 17.5 Å². The minimum atomic E-state index is -0.824. The summed E-state index contributed by atoms with van der Waals surface area (Å²) in [4.78, 5) is 10.8. The number of carboxylic acids is 1. The molecular formula is C10H17N3O2. The summed E-state index contributed by atoms with van der Waals surface area (Å²) in [5, 5.41) is 16.1. The lowest BCUT2D eigenvalue weighted by Crippen LogP contribution is -2.39. The number of nitrogens with one attached hydrogen (secondary N) is 1. The summed E-state index contributed by atoms with van der Waals surface area (Å²) in [6.45, 7) is 3.75. The van der Waals surface area contributed by atoms with Gasteiger partial charge in [0.2, 0.25) is 0 Å². The van der Waals surface area contributed by atoms with Crippen LogP contribution in [0.3, 0.4) is 0 Å². The highest BCUT2D eigenvalue weighted by molar-refractivity contribution is 5.69. The molecule has 1 rings (SSSR count). The fourth-order valence-corrected chi connectivity index (χ4v) is 1.76. The Morgan fingerprint density at radius 3 is 2.67 bits per heavy atom. The number of aromatic nitrogens is 2. The summed E-state index contributed by atoms with van der Waals surface area (Å²) >= 11 is 0. The third-order valence-corrected chi connectivity index (χ3v) is 2.66. The zero-order valence-electron chi connectivity index (χ0n) is 9.53. The Balaban J connectivity index is 3.10. The molecule has 0 bridgehead atoms. The summed E-state index contributed by atoms with van der Waals surface area (Å²) < 4.78 is 1.70. The standard InChI is InChI=1S/C10H17N3O2/c1-7-8(6-13(4)12-7)10(2,11-3)5-9(14)15/h6,11H,5H2,1-4H3,(H,14,15). The topological polar surface area (TPSA) is 67.2 Å². The molecule has 0 radical (unpaired) electrons. The minimum Gasteiger partial charge on any atom is -0.481 e. The summed E-state index contributed by atoms with van der Waals surface area (Å²) in [6, 6.07) is 0. The van der Waals surface area contributed by atoms with Crippen LogP contribution in [-0.4, -0.2) is 27.9 Å². The Bertz CT molecular complexity index is 373. The van der Waals surface area contributed by atoms with Gasteiger partial charge in [-0.25, -0.2) is 0 Å². The maximum Gasteiger partial charge on any atom is 0.305 e. The van der Waals surface area contributed by atoms with Crippen molar-refractivity contribution in [1.82, 2.24) is 15.1 Å². The Labute approximate surface area is 89.1 Å². The Morgan fingerprint density at radius 1 is 1.73 bits per heavy atom. The van der Waals surface area contributed by atoms with Gasteiger partial charge in [-0.15, -0.1) is 0 Å². The number of hydrogen-bond donors (Lipinski definition) is 2. The van der Waals surface area contributed by atoms with Crippen LogP contribution in [0.2, 0.25) is 0 Å². The zero-order chi connectivity index (χ0) is 11.6. The van der Waals surface area contributed by atoms with Crippen molar-refractivity contribution in [2.45, 2.75) is 25.8 Å². The van der Waals surface area contributed by atoms with Crippen molar-refractivity contribution < 1.29 is 9.90 Å². The maximum atomic E-state index is 10.8. The fraction of sp³-hybridized carbons (Fsp3) is 0.600. The van der Waals surface area contributed by atoms with Gasteiger partial charge in [0, 0.05) is 18.8 Å². The SMILES string of the molecule is CNC(C)(CC(=O)O)c1cn(C)nc1C. The van der Waals surface area contributed by atoms with Gasteiger partial charge in [-0.05, 0) is 20.9 Å². The lowest BCUT2D eigenvalue weighted by Gasteiger charge is -2.27. The largest absolute Gasteiger partial charge is 0.481 e. The average Bonchev–Trinajstić information content (AvgIpc) is 2.44. The molecule has 0 amide bonds. The quantitative estimate of drug-likeness (QED) is 0.767. The molecule has 1 unspecified atom stereocenters. The van der Waals surface area contributed by atoms with Crippen molar-refractivity contribution in [3.63, 3.8) is 0 Å². The first-order valence-corrected chi connectivity index (χ1v) is 4.80. The summed E-state index contributed by atoms with van der Waals surface area (Å²) in [7, 11) is 3.59. The predicted octanol–water partition coefficient (Wildman–Crippen LogP) is 0.638. The molecule has 0 saturated carbocycles. The highest BCUT2D eigenvalue weighted by atomic mass is 16.4. The van der Waals surface area contributed by atoms with E-state index in [4.69, 9.17) is 5.11 Å². The van der Waals surface area contributed by atoms with E-state index >= 15 is 0 Å². The Kier molecular flexibility index (Phi) is 3.14. The van der Waals surface area contributed by atoms with Gasteiger partial charge in [-0.2, -0.15) is 5.10 Å². The van der Waals surface area contributed by atoms with Gasteiger partial charge in [0.15, 0.2) is 0 Å². The third-order valence-electron chi connectivity index (χ3n) is 2.66. The highest BCUT2D eigenvalue weighted by Gasteiger charge is 2.30. The molecule has 5 nitrogen and oxygen atoms in total. The molecule has 1 atom stereocenters. The number of carboxylic acid groups (broad SMARTS) is 1. The van der Waals surface area contributed by atoms with E-state index in [1.807, 2.05) is 27.1 Å².